The molecule has 1 amide bonds. The summed E-state index contributed by atoms with van der Waals surface area (Å²) in [6.45, 7) is 6.89. The minimum absolute atomic E-state index is 0.0413. The monoisotopic (exact) mass is 461 g/mol. The van der Waals surface area contributed by atoms with Crippen molar-refractivity contribution in [2.45, 2.75) is 39.8 Å². The van der Waals surface area contributed by atoms with Gasteiger partial charge in [0, 0.05) is 11.1 Å². The Morgan fingerprint density at radius 3 is 2.53 bits per heavy atom. The van der Waals surface area contributed by atoms with E-state index in [1.54, 1.807) is 4.90 Å². The summed E-state index contributed by atoms with van der Waals surface area (Å²) >= 11 is 12.7. The quantitative estimate of drug-likeness (QED) is 0.340. The number of benzene rings is 2. The molecule has 0 N–H and O–H groups in total. The lowest BCUT2D eigenvalue weighted by molar-refractivity contribution is -0.123. The zero-order valence-corrected chi connectivity index (χ0v) is 19.6. The molecule has 0 spiro atoms. The molecule has 1 saturated heterocycles. The Balaban J connectivity index is 1.79. The van der Waals surface area contributed by atoms with Crippen LogP contribution in [-0.4, -0.2) is 27.8 Å². The van der Waals surface area contributed by atoms with Crippen molar-refractivity contribution in [1.29, 1.82) is 0 Å². The van der Waals surface area contributed by atoms with Crippen molar-refractivity contribution >= 4 is 51.9 Å². The molecule has 0 radical (unpaired) electrons. The molecule has 7 heteroatoms. The van der Waals surface area contributed by atoms with Gasteiger partial charge in [-0.15, -0.1) is 0 Å². The minimum Gasteiger partial charge on any atom is -0.490 e. The summed E-state index contributed by atoms with van der Waals surface area (Å²) in [7, 11) is 0. The largest absolute Gasteiger partial charge is 0.490 e. The second-order valence-electron chi connectivity index (χ2n) is 6.86. The number of carbonyl (C=O) groups is 1. The molecule has 1 fully saturated rings. The van der Waals surface area contributed by atoms with Crippen LogP contribution < -0.4 is 9.47 Å². The lowest BCUT2D eigenvalue weighted by atomic mass is 10.1. The van der Waals surface area contributed by atoms with Gasteiger partial charge in [-0.1, -0.05) is 60.7 Å². The molecule has 0 aromatic heterocycles. The maximum absolute atomic E-state index is 12.8. The van der Waals surface area contributed by atoms with E-state index in [0.717, 1.165) is 17.5 Å². The molecule has 2 aromatic carbocycles. The molecule has 30 heavy (non-hydrogen) atoms. The van der Waals surface area contributed by atoms with E-state index in [1.807, 2.05) is 69.3 Å². The van der Waals surface area contributed by atoms with E-state index >= 15 is 0 Å². The molecule has 0 aliphatic carbocycles. The Bertz CT molecular complexity index is 959. The molecule has 2 aromatic rings. The zero-order chi connectivity index (χ0) is 21.7. The third-order valence-corrected chi connectivity index (χ3v) is 6.31. The van der Waals surface area contributed by atoms with Gasteiger partial charge in [-0.2, -0.15) is 0 Å². The Morgan fingerprint density at radius 2 is 1.87 bits per heavy atom. The lowest BCUT2D eigenvalue weighted by Crippen LogP contribution is -2.36. The highest BCUT2D eigenvalue weighted by Crippen LogP contribution is 2.36. The van der Waals surface area contributed by atoms with Crippen LogP contribution in [-0.2, 0) is 11.4 Å². The molecule has 1 aliphatic rings. The average Bonchev–Trinajstić information content (AvgIpc) is 3.01. The highest BCUT2D eigenvalue weighted by Gasteiger charge is 2.34. The fourth-order valence-corrected chi connectivity index (χ4v) is 4.53. The van der Waals surface area contributed by atoms with Crippen LogP contribution >= 0.6 is 35.6 Å². The predicted octanol–water partition coefficient (Wildman–Crippen LogP) is 6.32. The van der Waals surface area contributed by atoms with E-state index in [9.17, 15) is 4.79 Å². The Labute approximate surface area is 192 Å². The molecule has 0 saturated carbocycles. The number of ether oxygens (including phenoxy) is 2. The van der Waals surface area contributed by atoms with Crippen molar-refractivity contribution in [2.75, 3.05) is 6.61 Å². The molecule has 1 atom stereocenters. The number of amides is 1. The summed E-state index contributed by atoms with van der Waals surface area (Å²) in [5.74, 6) is 1.24. The van der Waals surface area contributed by atoms with Crippen LogP contribution in [0.1, 0.15) is 38.3 Å². The molecule has 1 aliphatic heterocycles. The standard InChI is InChI=1S/C23H24ClNO3S2/c1-4-15(3)25-22(26)21(30-23(25)29)13-17-8-11-19(20(12-17)27-5-2)28-14-16-6-9-18(24)10-7-16/h6-13,15H,4-5,14H2,1-3H3/b21-13-/t15-/m1/s1. The van der Waals surface area contributed by atoms with E-state index in [4.69, 9.17) is 33.3 Å². The fraction of sp³-hybridized carbons (Fsp3) is 0.304. The summed E-state index contributed by atoms with van der Waals surface area (Å²) in [6.07, 6.45) is 2.71. The van der Waals surface area contributed by atoms with Crippen LogP contribution in [0, 0.1) is 0 Å². The van der Waals surface area contributed by atoms with Crippen LogP contribution in [0.4, 0.5) is 0 Å². The van der Waals surface area contributed by atoms with E-state index < -0.39 is 0 Å². The number of thioether (sulfide) groups is 1. The number of halogens is 1. The first-order chi connectivity index (χ1) is 14.4. The Morgan fingerprint density at radius 1 is 1.13 bits per heavy atom. The topological polar surface area (TPSA) is 38.8 Å². The average molecular weight is 462 g/mol. The van der Waals surface area contributed by atoms with E-state index in [-0.39, 0.29) is 11.9 Å². The number of hydrogen-bond acceptors (Lipinski definition) is 5. The summed E-state index contributed by atoms with van der Waals surface area (Å²) in [4.78, 5) is 15.1. The first kappa shape index (κ1) is 22.7. The van der Waals surface area contributed by atoms with E-state index in [2.05, 4.69) is 0 Å². The number of thiocarbonyl (C=S) groups is 1. The second-order valence-corrected chi connectivity index (χ2v) is 8.98. The van der Waals surface area contributed by atoms with Crippen molar-refractivity contribution in [2.24, 2.45) is 0 Å². The van der Waals surface area contributed by atoms with Crippen LogP contribution in [0.5, 0.6) is 11.5 Å². The molecular formula is C23H24ClNO3S2. The SMILES string of the molecule is CCOc1cc(/C=C2\SC(=S)N([C@H](C)CC)C2=O)ccc1OCc1ccc(Cl)cc1. The van der Waals surface area contributed by atoms with Crippen LogP contribution in [0.3, 0.4) is 0 Å². The smallest absolute Gasteiger partial charge is 0.266 e. The van der Waals surface area contributed by atoms with Gasteiger partial charge in [-0.3, -0.25) is 9.69 Å². The summed E-state index contributed by atoms with van der Waals surface area (Å²) in [5, 5.41) is 0.692. The number of nitrogens with zero attached hydrogens (tertiary/aromatic N) is 1. The maximum atomic E-state index is 12.8. The minimum atomic E-state index is -0.0413. The van der Waals surface area contributed by atoms with Crippen LogP contribution in [0.2, 0.25) is 5.02 Å². The lowest BCUT2D eigenvalue weighted by Gasteiger charge is -2.21. The van der Waals surface area contributed by atoms with Crippen molar-refractivity contribution in [3.63, 3.8) is 0 Å². The molecule has 3 rings (SSSR count). The Hall–Kier alpha value is -2.02. The molecule has 4 nitrogen and oxygen atoms in total. The Kier molecular flexibility index (Phi) is 7.81. The van der Waals surface area contributed by atoms with Gasteiger partial charge in [0.15, 0.2) is 11.5 Å². The molecule has 1 heterocycles. The van der Waals surface area contributed by atoms with E-state index in [1.165, 1.54) is 11.8 Å². The second kappa shape index (κ2) is 10.3. The molecule has 0 bridgehead atoms. The highest BCUT2D eigenvalue weighted by molar-refractivity contribution is 8.26. The van der Waals surface area contributed by atoms with Gasteiger partial charge in [0.2, 0.25) is 0 Å². The third-order valence-electron chi connectivity index (χ3n) is 4.73. The number of rotatable bonds is 8. The molecule has 0 unspecified atom stereocenters. The van der Waals surface area contributed by atoms with Gasteiger partial charge in [-0.05, 0) is 61.7 Å². The number of hydrogen-bond donors (Lipinski definition) is 0. The summed E-state index contributed by atoms with van der Waals surface area (Å²) in [6, 6.07) is 13.3. The fourth-order valence-electron chi connectivity index (χ4n) is 2.94. The van der Waals surface area contributed by atoms with Crippen molar-refractivity contribution in [3.8, 4) is 11.5 Å². The van der Waals surface area contributed by atoms with Gasteiger partial charge in [0.05, 0.1) is 11.5 Å². The van der Waals surface area contributed by atoms with Crippen molar-refractivity contribution < 1.29 is 14.3 Å². The van der Waals surface area contributed by atoms with Crippen molar-refractivity contribution in [3.05, 3.63) is 63.5 Å². The molecular weight excluding hydrogens is 438 g/mol. The normalized spacial score (nSPS) is 16.3. The van der Waals surface area contributed by atoms with E-state index in [0.29, 0.717) is 39.0 Å². The summed E-state index contributed by atoms with van der Waals surface area (Å²) < 4.78 is 12.3. The predicted molar refractivity (Wildman–Crippen MR) is 128 cm³/mol. The molecule has 158 valence electrons. The van der Waals surface area contributed by atoms with Crippen LogP contribution in [0.25, 0.3) is 6.08 Å². The van der Waals surface area contributed by atoms with Gasteiger partial charge in [0.25, 0.3) is 5.91 Å². The first-order valence-corrected chi connectivity index (χ1v) is 11.4. The third kappa shape index (κ3) is 5.36. The van der Waals surface area contributed by atoms with Gasteiger partial charge < -0.3 is 9.47 Å². The van der Waals surface area contributed by atoms with Gasteiger partial charge >= 0.3 is 0 Å². The van der Waals surface area contributed by atoms with Gasteiger partial charge in [-0.25, -0.2) is 0 Å². The number of carbonyl (C=O) groups excluding carboxylic acids is 1. The summed E-state index contributed by atoms with van der Waals surface area (Å²) in [5.41, 5.74) is 1.88. The highest BCUT2D eigenvalue weighted by atomic mass is 35.5. The zero-order valence-electron chi connectivity index (χ0n) is 17.2. The van der Waals surface area contributed by atoms with Crippen molar-refractivity contribution in [1.82, 2.24) is 4.90 Å². The van der Waals surface area contributed by atoms with Crippen LogP contribution in [0.15, 0.2) is 47.4 Å². The first-order valence-electron chi connectivity index (χ1n) is 9.84. The maximum Gasteiger partial charge on any atom is 0.266 e. The van der Waals surface area contributed by atoms with Gasteiger partial charge in [0.1, 0.15) is 10.9 Å².